The predicted octanol–water partition coefficient (Wildman–Crippen LogP) is 4.31. The standard InChI is InChI=1S/C17H12F5N5O2/c18-9-2-1-3-10(28-15(21)22)11(9)17(4-5-17)25-16-23-6-8(7-24-16)13-26-27-14(29-13)12(19)20/h1-3,6-7,12,15H,4-5H2,(H,23,24,25). The van der Waals surface area contributed by atoms with Crippen molar-refractivity contribution in [2.75, 3.05) is 5.32 Å². The van der Waals surface area contributed by atoms with Crippen LogP contribution >= 0.6 is 0 Å². The van der Waals surface area contributed by atoms with E-state index in [-0.39, 0.29) is 28.7 Å². The van der Waals surface area contributed by atoms with Crippen molar-refractivity contribution in [1.82, 2.24) is 20.2 Å². The van der Waals surface area contributed by atoms with Crippen molar-refractivity contribution in [3.63, 3.8) is 0 Å². The summed E-state index contributed by atoms with van der Waals surface area (Å²) in [7, 11) is 0. The van der Waals surface area contributed by atoms with Crippen LogP contribution in [0.1, 0.15) is 30.7 Å². The molecule has 12 heteroatoms. The molecule has 152 valence electrons. The van der Waals surface area contributed by atoms with Crippen LogP contribution in [0, 0.1) is 5.82 Å². The Morgan fingerprint density at radius 2 is 1.79 bits per heavy atom. The van der Waals surface area contributed by atoms with Crippen LogP contribution in [0.2, 0.25) is 0 Å². The summed E-state index contributed by atoms with van der Waals surface area (Å²) in [5, 5.41) is 9.63. The van der Waals surface area contributed by atoms with Crippen LogP contribution in [0.25, 0.3) is 11.5 Å². The van der Waals surface area contributed by atoms with E-state index in [2.05, 4.69) is 30.2 Å². The summed E-state index contributed by atoms with van der Waals surface area (Å²) in [6, 6.07) is 3.68. The van der Waals surface area contributed by atoms with E-state index in [1.807, 2.05) is 0 Å². The minimum atomic E-state index is -3.10. The summed E-state index contributed by atoms with van der Waals surface area (Å²) in [5.74, 6) is -1.91. The van der Waals surface area contributed by atoms with Crippen LogP contribution in [-0.4, -0.2) is 26.8 Å². The van der Waals surface area contributed by atoms with Gasteiger partial charge in [-0.1, -0.05) is 6.07 Å². The van der Waals surface area contributed by atoms with Gasteiger partial charge in [-0.3, -0.25) is 0 Å². The highest BCUT2D eigenvalue weighted by molar-refractivity contribution is 5.53. The molecule has 0 spiro atoms. The molecule has 1 saturated carbocycles. The smallest absolute Gasteiger partial charge is 0.387 e. The molecule has 2 heterocycles. The molecule has 4 rings (SSSR count). The Kier molecular flexibility index (Phi) is 4.76. The molecule has 7 nitrogen and oxygen atoms in total. The summed E-state index contributed by atoms with van der Waals surface area (Å²) >= 11 is 0. The summed E-state index contributed by atoms with van der Waals surface area (Å²) in [4.78, 5) is 8.06. The maximum absolute atomic E-state index is 14.4. The van der Waals surface area contributed by atoms with Gasteiger partial charge in [0.2, 0.25) is 5.95 Å². The van der Waals surface area contributed by atoms with Crippen molar-refractivity contribution in [2.45, 2.75) is 31.4 Å². The van der Waals surface area contributed by atoms with Crippen molar-refractivity contribution in [3.05, 3.63) is 47.9 Å². The Balaban J connectivity index is 1.57. The Labute approximate surface area is 159 Å². The van der Waals surface area contributed by atoms with Crippen LogP contribution in [0.4, 0.5) is 27.9 Å². The van der Waals surface area contributed by atoms with Crippen LogP contribution in [0.15, 0.2) is 35.0 Å². The minimum Gasteiger partial charge on any atom is -0.434 e. The number of rotatable bonds is 7. The number of nitrogens with one attached hydrogen (secondary N) is 1. The van der Waals surface area contributed by atoms with Gasteiger partial charge in [0.15, 0.2) is 0 Å². The maximum Gasteiger partial charge on any atom is 0.387 e. The Bertz CT molecular complexity index is 1010. The summed E-state index contributed by atoms with van der Waals surface area (Å²) in [6.07, 6.45) is 0.497. The Morgan fingerprint density at radius 3 is 2.38 bits per heavy atom. The topological polar surface area (TPSA) is 86.0 Å². The first-order chi connectivity index (χ1) is 13.9. The largest absolute Gasteiger partial charge is 0.434 e. The lowest BCUT2D eigenvalue weighted by molar-refractivity contribution is -0.0508. The predicted molar refractivity (Wildman–Crippen MR) is 87.8 cm³/mol. The minimum absolute atomic E-state index is 0.0357. The Hall–Kier alpha value is -3.31. The van der Waals surface area contributed by atoms with Crippen molar-refractivity contribution in [1.29, 1.82) is 0 Å². The van der Waals surface area contributed by atoms with Gasteiger partial charge in [0.1, 0.15) is 11.6 Å². The zero-order valence-electron chi connectivity index (χ0n) is 14.5. The van der Waals surface area contributed by atoms with Crippen LogP contribution in [0.5, 0.6) is 5.75 Å². The van der Waals surface area contributed by atoms with E-state index in [9.17, 15) is 22.0 Å². The van der Waals surface area contributed by atoms with E-state index in [0.29, 0.717) is 12.8 Å². The third kappa shape index (κ3) is 3.82. The molecule has 2 aromatic heterocycles. The number of hydrogen-bond donors (Lipinski definition) is 1. The molecular weight excluding hydrogens is 401 g/mol. The number of hydrogen-bond acceptors (Lipinski definition) is 7. The molecule has 1 aromatic carbocycles. The lowest BCUT2D eigenvalue weighted by Gasteiger charge is -2.21. The summed E-state index contributed by atoms with van der Waals surface area (Å²) < 4.78 is 74.1. The highest BCUT2D eigenvalue weighted by Crippen LogP contribution is 2.52. The molecule has 0 bridgehead atoms. The molecule has 1 aliphatic carbocycles. The van der Waals surface area contributed by atoms with Gasteiger partial charge in [-0.05, 0) is 25.0 Å². The number of halogens is 5. The Morgan fingerprint density at radius 1 is 1.07 bits per heavy atom. The third-order valence-corrected chi connectivity index (χ3v) is 4.30. The first-order valence-electron chi connectivity index (χ1n) is 8.34. The van der Waals surface area contributed by atoms with Crippen molar-refractivity contribution in [3.8, 4) is 17.2 Å². The third-order valence-electron chi connectivity index (χ3n) is 4.30. The molecule has 0 unspecified atom stereocenters. The fourth-order valence-corrected chi connectivity index (χ4v) is 2.88. The van der Waals surface area contributed by atoms with E-state index in [0.717, 1.165) is 6.07 Å². The number of aromatic nitrogens is 4. The fraction of sp³-hybridized carbons (Fsp3) is 0.294. The van der Waals surface area contributed by atoms with Crippen LogP contribution in [0.3, 0.4) is 0 Å². The van der Waals surface area contributed by atoms with Gasteiger partial charge in [-0.15, -0.1) is 10.2 Å². The molecule has 0 radical (unpaired) electrons. The quantitative estimate of drug-likeness (QED) is 0.578. The van der Waals surface area contributed by atoms with E-state index in [1.165, 1.54) is 24.5 Å². The normalized spacial score (nSPS) is 15.0. The molecule has 0 aliphatic heterocycles. The maximum atomic E-state index is 14.4. The van der Waals surface area contributed by atoms with Gasteiger partial charge in [0.05, 0.1) is 16.7 Å². The van der Waals surface area contributed by atoms with E-state index in [4.69, 9.17) is 4.42 Å². The molecule has 1 N–H and O–H groups in total. The number of benzene rings is 1. The molecule has 0 atom stereocenters. The van der Waals surface area contributed by atoms with Crippen molar-refractivity contribution in [2.24, 2.45) is 0 Å². The second kappa shape index (κ2) is 7.26. The number of ether oxygens (including phenoxy) is 1. The van der Waals surface area contributed by atoms with Gasteiger partial charge in [0.25, 0.3) is 11.8 Å². The molecular formula is C17H12F5N5O2. The first-order valence-corrected chi connectivity index (χ1v) is 8.34. The van der Waals surface area contributed by atoms with E-state index < -0.39 is 30.3 Å². The van der Waals surface area contributed by atoms with Crippen LogP contribution < -0.4 is 10.1 Å². The van der Waals surface area contributed by atoms with E-state index >= 15 is 0 Å². The SMILES string of the molecule is Fc1cccc(OC(F)F)c1C1(Nc2ncc(-c3nnc(C(F)F)o3)cn2)CC1. The van der Waals surface area contributed by atoms with Gasteiger partial charge < -0.3 is 14.5 Å². The van der Waals surface area contributed by atoms with Gasteiger partial charge >= 0.3 is 13.0 Å². The van der Waals surface area contributed by atoms with Gasteiger partial charge in [-0.25, -0.2) is 14.4 Å². The zero-order valence-corrected chi connectivity index (χ0v) is 14.5. The first kappa shape index (κ1) is 19.0. The van der Waals surface area contributed by atoms with Crippen LogP contribution in [-0.2, 0) is 5.54 Å². The average molecular weight is 413 g/mol. The lowest BCUT2D eigenvalue weighted by Crippen LogP contribution is -2.23. The van der Waals surface area contributed by atoms with Crippen molar-refractivity contribution >= 4 is 5.95 Å². The second-order valence-corrected chi connectivity index (χ2v) is 6.24. The lowest BCUT2D eigenvalue weighted by atomic mass is 10.0. The fourth-order valence-electron chi connectivity index (χ4n) is 2.88. The van der Waals surface area contributed by atoms with E-state index in [1.54, 1.807) is 0 Å². The highest BCUT2D eigenvalue weighted by atomic mass is 19.3. The monoisotopic (exact) mass is 413 g/mol. The average Bonchev–Trinajstić information content (AvgIpc) is 3.25. The summed E-state index contributed by atoms with van der Waals surface area (Å²) in [5.41, 5.74) is -0.830. The summed E-state index contributed by atoms with van der Waals surface area (Å²) in [6.45, 7) is -3.10. The second-order valence-electron chi connectivity index (χ2n) is 6.24. The number of anilines is 1. The molecule has 0 saturated heterocycles. The highest BCUT2D eigenvalue weighted by Gasteiger charge is 2.49. The number of nitrogens with zero attached hydrogens (tertiary/aromatic N) is 4. The van der Waals surface area contributed by atoms with Crippen molar-refractivity contribution < 1.29 is 31.1 Å². The number of alkyl halides is 4. The molecule has 0 amide bonds. The molecule has 3 aromatic rings. The molecule has 29 heavy (non-hydrogen) atoms. The van der Waals surface area contributed by atoms with Gasteiger partial charge in [0, 0.05) is 12.4 Å². The van der Waals surface area contributed by atoms with Gasteiger partial charge in [-0.2, -0.15) is 17.6 Å². The zero-order chi connectivity index (χ0) is 20.6. The molecule has 1 fully saturated rings. The molecule has 1 aliphatic rings.